The van der Waals surface area contributed by atoms with Gasteiger partial charge in [-0.15, -0.1) is 0 Å². The SMILES string of the molecule is COc1ccc(-c2cccc(S(=O)(=O)NC3CCCc4c3cnn4CC(=O)O)c2)cc1. The van der Waals surface area contributed by atoms with E-state index in [1.807, 2.05) is 30.3 Å². The number of hydrogen-bond acceptors (Lipinski definition) is 5. The molecule has 0 aliphatic heterocycles. The molecule has 0 saturated heterocycles. The molecule has 162 valence electrons. The van der Waals surface area contributed by atoms with Gasteiger partial charge < -0.3 is 9.84 Å². The van der Waals surface area contributed by atoms with Gasteiger partial charge in [0.25, 0.3) is 0 Å². The van der Waals surface area contributed by atoms with E-state index in [2.05, 4.69) is 9.82 Å². The van der Waals surface area contributed by atoms with Gasteiger partial charge >= 0.3 is 5.97 Å². The van der Waals surface area contributed by atoms with Crippen LogP contribution in [0.2, 0.25) is 0 Å². The fourth-order valence-electron chi connectivity index (χ4n) is 3.89. The van der Waals surface area contributed by atoms with Crippen LogP contribution in [-0.2, 0) is 27.8 Å². The van der Waals surface area contributed by atoms with Crippen molar-refractivity contribution >= 4 is 16.0 Å². The molecule has 2 N–H and O–H groups in total. The molecule has 1 aromatic heterocycles. The highest BCUT2D eigenvalue weighted by Crippen LogP contribution is 2.32. The monoisotopic (exact) mass is 441 g/mol. The Morgan fingerprint density at radius 1 is 1.23 bits per heavy atom. The van der Waals surface area contributed by atoms with Crippen LogP contribution >= 0.6 is 0 Å². The summed E-state index contributed by atoms with van der Waals surface area (Å²) in [6.45, 7) is -0.237. The third-order valence-corrected chi connectivity index (χ3v) is 6.88. The highest BCUT2D eigenvalue weighted by Gasteiger charge is 2.29. The molecule has 0 saturated carbocycles. The number of benzene rings is 2. The van der Waals surface area contributed by atoms with Crippen molar-refractivity contribution in [1.82, 2.24) is 14.5 Å². The second-order valence-corrected chi connectivity index (χ2v) is 9.13. The van der Waals surface area contributed by atoms with Crippen LogP contribution in [0.25, 0.3) is 11.1 Å². The van der Waals surface area contributed by atoms with Crippen molar-refractivity contribution < 1.29 is 23.1 Å². The number of aliphatic carboxylic acids is 1. The quantitative estimate of drug-likeness (QED) is 0.583. The summed E-state index contributed by atoms with van der Waals surface area (Å²) in [5.41, 5.74) is 3.17. The van der Waals surface area contributed by atoms with Gasteiger partial charge in [0, 0.05) is 11.3 Å². The Morgan fingerprint density at radius 2 is 2.00 bits per heavy atom. The van der Waals surface area contributed by atoms with E-state index in [1.54, 1.807) is 31.5 Å². The average Bonchev–Trinajstić information content (AvgIpc) is 3.17. The molecule has 0 amide bonds. The average molecular weight is 442 g/mol. The molecule has 0 bridgehead atoms. The number of aromatic nitrogens is 2. The van der Waals surface area contributed by atoms with Gasteiger partial charge in [-0.3, -0.25) is 9.48 Å². The molecule has 0 spiro atoms. The molecular formula is C22H23N3O5S. The van der Waals surface area contributed by atoms with Crippen molar-refractivity contribution in [3.8, 4) is 16.9 Å². The molecule has 0 fully saturated rings. The lowest BCUT2D eigenvalue weighted by Crippen LogP contribution is -2.31. The zero-order valence-corrected chi connectivity index (χ0v) is 17.8. The number of hydrogen-bond donors (Lipinski definition) is 2. The van der Waals surface area contributed by atoms with E-state index in [-0.39, 0.29) is 11.4 Å². The van der Waals surface area contributed by atoms with Crippen LogP contribution < -0.4 is 9.46 Å². The fraction of sp³-hybridized carbons (Fsp3) is 0.273. The topological polar surface area (TPSA) is 111 Å². The summed E-state index contributed by atoms with van der Waals surface area (Å²) in [7, 11) is -2.19. The highest BCUT2D eigenvalue weighted by molar-refractivity contribution is 7.89. The van der Waals surface area contributed by atoms with Crippen molar-refractivity contribution in [2.24, 2.45) is 0 Å². The first kappa shape index (κ1) is 21.1. The van der Waals surface area contributed by atoms with Crippen LogP contribution in [0.3, 0.4) is 0 Å². The first-order chi connectivity index (χ1) is 14.9. The molecule has 1 heterocycles. The molecule has 1 atom stereocenters. The Morgan fingerprint density at radius 3 is 2.71 bits per heavy atom. The summed E-state index contributed by atoms with van der Waals surface area (Å²) >= 11 is 0. The van der Waals surface area contributed by atoms with Crippen molar-refractivity contribution in [1.29, 1.82) is 0 Å². The zero-order valence-electron chi connectivity index (χ0n) is 17.0. The summed E-state index contributed by atoms with van der Waals surface area (Å²) in [6, 6.07) is 13.7. The Labute approximate surface area is 180 Å². The number of carbonyl (C=O) groups is 1. The van der Waals surface area contributed by atoms with E-state index in [0.717, 1.165) is 34.6 Å². The number of sulfonamides is 1. The first-order valence-electron chi connectivity index (χ1n) is 9.90. The largest absolute Gasteiger partial charge is 0.497 e. The van der Waals surface area contributed by atoms with Gasteiger partial charge in [-0.25, -0.2) is 13.1 Å². The minimum absolute atomic E-state index is 0.172. The third-order valence-electron chi connectivity index (χ3n) is 5.41. The zero-order chi connectivity index (χ0) is 22.0. The Bertz CT molecular complexity index is 1200. The number of carboxylic acids is 1. The maximum absolute atomic E-state index is 13.1. The summed E-state index contributed by atoms with van der Waals surface area (Å²) < 4.78 is 35.6. The highest BCUT2D eigenvalue weighted by atomic mass is 32.2. The van der Waals surface area contributed by atoms with Gasteiger partial charge in [-0.1, -0.05) is 24.3 Å². The fourth-order valence-corrected chi connectivity index (χ4v) is 5.18. The predicted molar refractivity (Wildman–Crippen MR) is 114 cm³/mol. The first-order valence-corrected chi connectivity index (χ1v) is 11.4. The molecule has 1 unspecified atom stereocenters. The summed E-state index contributed by atoms with van der Waals surface area (Å²) in [5.74, 6) is -0.255. The lowest BCUT2D eigenvalue weighted by Gasteiger charge is -2.24. The number of rotatable bonds is 7. The number of carboxylic acid groups (broad SMARTS) is 1. The van der Waals surface area contributed by atoms with Crippen LogP contribution in [0, 0.1) is 0 Å². The number of nitrogens with one attached hydrogen (secondary N) is 1. The smallest absolute Gasteiger partial charge is 0.325 e. The van der Waals surface area contributed by atoms with E-state index >= 15 is 0 Å². The van der Waals surface area contributed by atoms with Crippen molar-refractivity contribution in [3.05, 3.63) is 66.0 Å². The number of nitrogens with zero attached hydrogens (tertiary/aromatic N) is 2. The lowest BCUT2D eigenvalue weighted by atomic mass is 9.94. The Balaban J connectivity index is 1.59. The molecule has 2 aromatic carbocycles. The van der Waals surface area contributed by atoms with E-state index < -0.39 is 22.0 Å². The molecule has 3 aromatic rings. The van der Waals surface area contributed by atoms with E-state index in [9.17, 15) is 13.2 Å². The van der Waals surface area contributed by atoms with Crippen LogP contribution in [-0.4, -0.2) is 36.4 Å². The maximum Gasteiger partial charge on any atom is 0.325 e. The second-order valence-electron chi connectivity index (χ2n) is 7.42. The maximum atomic E-state index is 13.1. The molecule has 9 heteroatoms. The number of methoxy groups -OCH3 is 1. The van der Waals surface area contributed by atoms with Gasteiger partial charge in [-0.05, 0) is 54.7 Å². The second kappa shape index (κ2) is 8.52. The van der Waals surface area contributed by atoms with Crippen LogP contribution in [0.4, 0.5) is 0 Å². The van der Waals surface area contributed by atoms with Crippen molar-refractivity contribution in [2.75, 3.05) is 7.11 Å². The van der Waals surface area contributed by atoms with E-state index in [0.29, 0.717) is 12.8 Å². The Kier molecular flexibility index (Phi) is 5.79. The normalized spacial score (nSPS) is 16.0. The molecule has 31 heavy (non-hydrogen) atoms. The molecule has 0 radical (unpaired) electrons. The molecule has 8 nitrogen and oxygen atoms in total. The van der Waals surface area contributed by atoms with Crippen LogP contribution in [0.1, 0.15) is 30.1 Å². The van der Waals surface area contributed by atoms with Crippen molar-refractivity contribution in [2.45, 2.75) is 36.7 Å². The lowest BCUT2D eigenvalue weighted by molar-refractivity contribution is -0.137. The minimum atomic E-state index is -3.79. The number of fused-ring (bicyclic) bond motifs is 1. The van der Waals surface area contributed by atoms with Gasteiger partial charge in [-0.2, -0.15) is 5.10 Å². The predicted octanol–water partition coefficient (Wildman–Crippen LogP) is 3.00. The van der Waals surface area contributed by atoms with Crippen LogP contribution in [0.15, 0.2) is 59.6 Å². The van der Waals surface area contributed by atoms with Crippen molar-refractivity contribution in [3.63, 3.8) is 0 Å². The van der Waals surface area contributed by atoms with E-state index in [1.165, 1.54) is 4.68 Å². The standard InChI is InChI=1S/C22H23N3O5S/c1-30-17-10-8-15(9-11-17)16-4-2-5-18(12-16)31(28,29)24-20-6-3-7-21-19(20)13-23-25(21)14-22(26)27/h2,4-5,8-13,20,24H,3,6-7,14H2,1H3,(H,26,27). The Hall–Kier alpha value is -3.17. The van der Waals surface area contributed by atoms with Gasteiger partial charge in [0.15, 0.2) is 0 Å². The molecule has 1 aliphatic rings. The number of ether oxygens (including phenoxy) is 1. The van der Waals surface area contributed by atoms with Gasteiger partial charge in [0.1, 0.15) is 12.3 Å². The molecule has 1 aliphatic carbocycles. The third kappa shape index (κ3) is 4.47. The molecule has 4 rings (SSSR count). The van der Waals surface area contributed by atoms with Gasteiger partial charge in [0.05, 0.1) is 24.2 Å². The minimum Gasteiger partial charge on any atom is -0.497 e. The summed E-state index contributed by atoms with van der Waals surface area (Å²) in [6.07, 6.45) is 3.62. The summed E-state index contributed by atoms with van der Waals surface area (Å²) in [4.78, 5) is 11.2. The molecular weight excluding hydrogens is 418 g/mol. The van der Waals surface area contributed by atoms with E-state index in [4.69, 9.17) is 9.84 Å². The van der Waals surface area contributed by atoms with Gasteiger partial charge in [0.2, 0.25) is 10.0 Å². The van der Waals surface area contributed by atoms with Crippen LogP contribution in [0.5, 0.6) is 5.75 Å². The summed E-state index contributed by atoms with van der Waals surface area (Å²) in [5, 5.41) is 13.2.